The van der Waals surface area contributed by atoms with Crippen LogP contribution in [0.15, 0.2) is 18.2 Å². The highest BCUT2D eigenvalue weighted by molar-refractivity contribution is 6.30. The van der Waals surface area contributed by atoms with Crippen LogP contribution in [0.5, 0.6) is 0 Å². The van der Waals surface area contributed by atoms with Gasteiger partial charge >= 0.3 is 0 Å². The first-order valence-corrected chi connectivity index (χ1v) is 7.12. The average molecular weight is 289 g/mol. The largest absolute Gasteiger partial charge is 0.390 e. The minimum Gasteiger partial charge on any atom is -0.390 e. The highest BCUT2D eigenvalue weighted by atomic mass is 35.5. The number of aliphatic hydroxyl groups excluding tert-OH is 1. The standard InChI is InChI=1S/C15H22ClFO2/c1-4-15(5-2,19-6-3)14(18)10-11-9-12(16)7-8-13(11)17/h7-9,14,18H,4-6,10H2,1-3H3. The van der Waals surface area contributed by atoms with Crippen molar-refractivity contribution in [2.45, 2.75) is 51.7 Å². The Bertz CT molecular complexity index is 405. The molecule has 1 aromatic carbocycles. The number of rotatable bonds is 7. The Morgan fingerprint density at radius 2 is 1.95 bits per heavy atom. The molecule has 0 amide bonds. The van der Waals surface area contributed by atoms with Crippen LogP contribution >= 0.6 is 11.6 Å². The van der Waals surface area contributed by atoms with Crippen molar-refractivity contribution in [2.75, 3.05) is 6.61 Å². The summed E-state index contributed by atoms with van der Waals surface area (Å²) < 4.78 is 19.4. The molecule has 0 aliphatic carbocycles. The zero-order chi connectivity index (χ0) is 14.5. The molecule has 0 spiro atoms. The molecule has 1 rings (SSSR count). The Morgan fingerprint density at radius 1 is 1.32 bits per heavy atom. The van der Waals surface area contributed by atoms with Gasteiger partial charge in [0.1, 0.15) is 5.82 Å². The highest BCUT2D eigenvalue weighted by Gasteiger charge is 2.35. The van der Waals surface area contributed by atoms with Crippen LogP contribution in [0.4, 0.5) is 4.39 Å². The molecule has 0 saturated heterocycles. The van der Waals surface area contributed by atoms with Crippen molar-refractivity contribution in [3.05, 3.63) is 34.6 Å². The minimum atomic E-state index is -0.754. The number of aliphatic hydroxyl groups is 1. The lowest BCUT2D eigenvalue weighted by Crippen LogP contribution is -2.45. The van der Waals surface area contributed by atoms with E-state index >= 15 is 0 Å². The quantitative estimate of drug-likeness (QED) is 0.822. The monoisotopic (exact) mass is 288 g/mol. The third kappa shape index (κ3) is 3.91. The molecule has 0 bridgehead atoms. The molecular weight excluding hydrogens is 267 g/mol. The van der Waals surface area contributed by atoms with Gasteiger partial charge in [0.2, 0.25) is 0 Å². The lowest BCUT2D eigenvalue weighted by molar-refractivity contribution is -0.124. The van der Waals surface area contributed by atoms with Gasteiger partial charge in [0, 0.05) is 18.1 Å². The molecule has 0 fully saturated rings. The summed E-state index contributed by atoms with van der Waals surface area (Å²) in [5.41, 5.74) is -0.199. The molecule has 0 aromatic heterocycles. The minimum absolute atomic E-state index is 0.202. The van der Waals surface area contributed by atoms with E-state index in [4.69, 9.17) is 16.3 Å². The summed E-state index contributed by atoms with van der Waals surface area (Å²) in [5, 5.41) is 10.9. The third-order valence-electron chi connectivity index (χ3n) is 3.66. The smallest absolute Gasteiger partial charge is 0.126 e. The van der Waals surface area contributed by atoms with Crippen LogP contribution in [0.2, 0.25) is 5.02 Å². The van der Waals surface area contributed by atoms with Crippen LogP contribution in [0.3, 0.4) is 0 Å². The zero-order valence-electron chi connectivity index (χ0n) is 11.7. The predicted octanol–water partition coefficient (Wildman–Crippen LogP) is 3.98. The van der Waals surface area contributed by atoms with Gasteiger partial charge in [0.25, 0.3) is 0 Å². The van der Waals surface area contributed by atoms with Crippen LogP contribution in [0.1, 0.15) is 39.2 Å². The zero-order valence-corrected chi connectivity index (χ0v) is 12.5. The number of benzene rings is 1. The van der Waals surface area contributed by atoms with Crippen molar-refractivity contribution < 1.29 is 14.2 Å². The van der Waals surface area contributed by atoms with Crippen molar-refractivity contribution in [3.8, 4) is 0 Å². The van der Waals surface area contributed by atoms with Gasteiger partial charge in [0.15, 0.2) is 0 Å². The van der Waals surface area contributed by atoms with Crippen molar-refractivity contribution in [3.63, 3.8) is 0 Å². The maximum atomic E-state index is 13.7. The molecule has 0 aliphatic heterocycles. The molecule has 0 radical (unpaired) electrons. The molecule has 1 N–H and O–H groups in total. The summed E-state index contributed by atoms with van der Waals surface area (Å²) in [5.74, 6) is -0.346. The fourth-order valence-electron chi connectivity index (χ4n) is 2.40. The first-order valence-electron chi connectivity index (χ1n) is 6.75. The predicted molar refractivity (Wildman–Crippen MR) is 76.1 cm³/mol. The van der Waals surface area contributed by atoms with E-state index in [1.165, 1.54) is 12.1 Å². The lowest BCUT2D eigenvalue weighted by Gasteiger charge is -2.36. The van der Waals surface area contributed by atoms with Crippen LogP contribution in [-0.4, -0.2) is 23.4 Å². The summed E-state index contributed by atoms with van der Waals surface area (Å²) in [6.07, 6.45) is 0.811. The molecule has 0 heterocycles. The van der Waals surface area contributed by atoms with Gasteiger partial charge in [0.05, 0.1) is 11.7 Å². The molecule has 108 valence electrons. The highest BCUT2D eigenvalue weighted by Crippen LogP contribution is 2.28. The summed E-state index contributed by atoms with van der Waals surface area (Å²) >= 11 is 5.86. The van der Waals surface area contributed by atoms with Crippen LogP contribution in [0.25, 0.3) is 0 Å². The van der Waals surface area contributed by atoms with Crippen molar-refractivity contribution >= 4 is 11.6 Å². The Morgan fingerprint density at radius 3 is 2.47 bits per heavy atom. The van der Waals surface area contributed by atoms with Crippen molar-refractivity contribution in [1.82, 2.24) is 0 Å². The van der Waals surface area contributed by atoms with Crippen molar-refractivity contribution in [1.29, 1.82) is 0 Å². The molecule has 0 saturated carbocycles. The van der Waals surface area contributed by atoms with Gasteiger partial charge in [-0.05, 0) is 43.5 Å². The number of ether oxygens (including phenoxy) is 1. The van der Waals surface area contributed by atoms with E-state index < -0.39 is 11.7 Å². The van der Waals surface area contributed by atoms with Crippen LogP contribution < -0.4 is 0 Å². The molecule has 19 heavy (non-hydrogen) atoms. The van der Waals surface area contributed by atoms with E-state index in [2.05, 4.69) is 0 Å². The van der Waals surface area contributed by atoms with Crippen LogP contribution in [-0.2, 0) is 11.2 Å². The average Bonchev–Trinajstić information content (AvgIpc) is 2.40. The van der Waals surface area contributed by atoms with Gasteiger partial charge in [-0.25, -0.2) is 4.39 Å². The Hall–Kier alpha value is -0.640. The molecule has 1 aromatic rings. The molecule has 1 atom stereocenters. The fourth-order valence-corrected chi connectivity index (χ4v) is 2.60. The first kappa shape index (κ1) is 16.4. The summed E-state index contributed by atoms with van der Waals surface area (Å²) in [6, 6.07) is 4.38. The van der Waals surface area contributed by atoms with E-state index in [0.717, 1.165) is 0 Å². The summed E-state index contributed by atoms with van der Waals surface area (Å²) in [7, 11) is 0. The van der Waals surface area contributed by atoms with E-state index in [-0.39, 0.29) is 12.2 Å². The van der Waals surface area contributed by atoms with Gasteiger partial charge in [-0.3, -0.25) is 0 Å². The maximum absolute atomic E-state index is 13.7. The molecule has 4 heteroatoms. The van der Waals surface area contributed by atoms with Gasteiger partial charge in [-0.15, -0.1) is 0 Å². The van der Waals surface area contributed by atoms with Crippen molar-refractivity contribution in [2.24, 2.45) is 0 Å². The molecule has 0 aliphatic rings. The summed E-state index contributed by atoms with van der Waals surface area (Å²) in [6.45, 7) is 6.36. The Balaban J connectivity index is 2.92. The Labute approximate surface area is 119 Å². The van der Waals surface area contributed by atoms with E-state index in [1.807, 2.05) is 20.8 Å². The number of hydrogen-bond acceptors (Lipinski definition) is 2. The second-order valence-corrected chi connectivity index (χ2v) is 5.10. The van der Waals surface area contributed by atoms with Gasteiger partial charge in [-0.1, -0.05) is 25.4 Å². The van der Waals surface area contributed by atoms with E-state index in [1.54, 1.807) is 6.07 Å². The third-order valence-corrected chi connectivity index (χ3v) is 3.89. The second-order valence-electron chi connectivity index (χ2n) is 4.66. The second kappa shape index (κ2) is 7.22. The Kier molecular flexibility index (Phi) is 6.24. The van der Waals surface area contributed by atoms with E-state index in [0.29, 0.717) is 30.0 Å². The first-order chi connectivity index (χ1) is 8.99. The number of hydrogen-bond donors (Lipinski definition) is 1. The van der Waals surface area contributed by atoms with Gasteiger partial charge in [-0.2, -0.15) is 0 Å². The van der Waals surface area contributed by atoms with Gasteiger partial charge < -0.3 is 9.84 Å². The number of halogens is 2. The topological polar surface area (TPSA) is 29.5 Å². The molecule has 2 nitrogen and oxygen atoms in total. The summed E-state index contributed by atoms with van der Waals surface area (Å²) in [4.78, 5) is 0. The SMILES string of the molecule is CCOC(CC)(CC)C(O)Cc1cc(Cl)ccc1F. The fraction of sp³-hybridized carbons (Fsp3) is 0.600. The lowest BCUT2D eigenvalue weighted by atomic mass is 9.86. The molecular formula is C15H22ClFO2. The van der Waals surface area contributed by atoms with E-state index in [9.17, 15) is 9.50 Å². The van der Waals surface area contributed by atoms with Crippen LogP contribution in [0, 0.1) is 5.82 Å². The molecule has 1 unspecified atom stereocenters. The normalized spacial score (nSPS) is 13.6. The maximum Gasteiger partial charge on any atom is 0.126 e.